The summed E-state index contributed by atoms with van der Waals surface area (Å²) < 4.78 is 12.8. The van der Waals surface area contributed by atoms with Crippen LogP contribution >= 0.6 is 0 Å². The number of carbonyl (C=O) groups is 2. The number of ketones is 1. The van der Waals surface area contributed by atoms with Crippen LogP contribution in [-0.4, -0.2) is 24.4 Å². The van der Waals surface area contributed by atoms with Gasteiger partial charge in [-0.1, -0.05) is 6.42 Å². The molecule has 2 amide bonds. The molecule has 2 N–H and O–H groups in total. The average molecular weight is 318 g/mol. The minimum Gasteiger partial charge on any atom is -0.335 e. The largest absolute Gasteiger partial charge is 0.335 e. The lowest BCUT2D eigenvalue weighted by molar-refractivity contribution is 0.0991. The number of amides is 2. The van der Waals surface area contributed by atoms with Crippen LogP contribution in [0.15, 0.2) is 24.3 Å². The fraction of sp³-hybridized carbons (Fsp3) is 0.556. The highest BCUT2D eigenvalue weighted by Gasteiger charge is 2.42. The second kappa shape index (κ2) is 6.69. The van der Waals surface area contributed by atoms with E-state index in [0.29, 0.717) is 11.5 Å². The molecule has 0 heterocycles. The van der Waals surface area contributed by atoms with Crippen LogP contribution in [0.2, 0.25) is 0 Å². The molecule has 0 radical (unpaired) electrons. The summed E-state index contributed by atoms with van der Waals surface area (Å²) in [4.78, 5) is 23.9. The Labute approximate surface area is 135 Å². The number of urea groups is 1. The van der Waals surface area contributed by atoms with E-state index in [4.69, 9.17) is 0 Å². The van der Waals surface area contributed by atoms with Gasteiger partial charge in [-0.3, -0.25) is 4.79 Å². The van der Waals surface area contributed by atoms with Crippen molar-refractivity contribution >= 4 is 11.8 Å². The number of Topliss-reactive ketones (excluding diaryl/α,β-unsaturated/α-hetero) is 1. The Kier molecular flexibility index (Phi) is 4.64. The lowest BCUT2D eigenvalue weighted by Gasteiger charge is -2.28. The average Bonchev–Trinajstić information content (AvgIpc) is 3.16. The van der Waals surface area contributed by atoms with E-state index < -0.39 is 0 Å². The number of hydrogen-bond donors (Lipinski definition) is 2. The first-order valence-corrected chi connectivity index (χ1v) is 8.36. The molecular formula is C18H23FN2O2. The summed E-state index contributed by atoms with van der Waals surface area (Å²) in [5.41, 5.74) is 0.396. The van der Waals surface area contributed by atoms with Crippen molar-refractivity contribution in [2.75, 3.05) is 6.54 Å². The van der Waals surface area contributed by atoms with Gasteiger partial charge < -0.3 is 10.6 Å². The van der Waals surface area contributed by atoms with Crippen molar-refractivity contribution in [2.24, 2.45) is 17.8 Å². The molecule has 0 unspecified atom stereocenters. The van der Waals surface area contributed by atoms with Gasteiger partial charge in [0, 0.05) is 11.6 Å². The van der Waals surface area contributed by atoms with Crippen molar-refractivity contribution in [3.05, 3.63) is 35.6 Å². The van der Waals surface area contributed by atoms with Gasteiger partial charge in [-0.2, -0.15) is 0 Å². The van der Waals surface area contributed by atoms with Gasteiger partial charge in [0.15, 0.2) is 5.78 Å². The van der Waals surface area contributed by atoms with Gasteiger partial charge in [0.25, 0.3) is 0 Å². The Bertz CT molecular complexity index is 587. The van der Waals surface area contributed by atoms with Crippen LogP contribution in [0, 0.1) is 23.6 Å². The van der Waals surface area contributed by atoms with Crippen molar-refractivity contribution < 1.29 is 14.0 Å². The molecule has 2 aliphatic rings. The fourth-order valence-electron chi connectivity index (χ4n) is 4.17. The van der Waals surface area contributed by atoms with E-state index in [1.165, 1.54) is 49.9 Å². The predicted octanol–water partition coefficient (Wildman–Crippen LogP) is 3.13. The highest BCUT2D eigenvalue weighted by atomic mass is 19.1. The van der Waals surface area contributed by atoms with E-state index in [-0.39, 0.29) is 30.2 Å². The van der Waals surface area contributed by atoms with Crippen molar-refractivity contribution in [3.63, 3.8) is 0 Å². The topological polar surface area (TPSA) is 58.2 Å². The maximum Gasteiger partial charge on any atom is 0.315 e. The van der Waals surface area contributed by atoms with Crippen LogP contribution in [0.25, 0.3) is 0 Å². The number of benzene rings is 1. The third-order valence-electron chi connectivity index (χ3n) is 5.37. The molecule has 4 atom stereocenters. The predicted molar refractivity (Wildman–Crippen MR) is 85.7 cm³/mol. The number of rotatable bonds is 5. The van der Waals surface area contributed by atoms with E-state index in [9.17, 15) is 14.0 Å². The summed E-state index contributed by atoms with van der Waals surface area (Å²) in [7, 11) is 0. The molecule has 124 valence electrons. The molecule has 0 saturated heterocycles. The van der Waals surface area contributed by atoms with E-state index in [0.717, 1.165) is 11.8 Å². The molecule has 2 saturated carbocycles. The lowest BCUT2D eigenvalue weighted by atomic mass is 9.84. The molecule has 3 rings (SSSR count). The Morgan fingerprint density at radius 2 is 1.96 bits per heavy atom. The Morgan fingerprint density at radius 1 is 1.22 bits per heavy atom. The monoisotopic (exact) mass is 318 g/mol. The minimum atomic E-state index is -0.382. The first kappa shape index (κ1) is 16.0. The van der Waals surface area contributed by atoms with Crippen LogP contribution in [0.4, 0.5) is 9.18 Å². The molecule has 1 aromatic rings. The summed E-state index contributed by atoms with van der Waals surface area (Å²) >= 11 is 0. The molecule has 2 aliphatic carbocycles. The third kappa shape index (κ3) is 3.71. The minimum absolute atomic E-state index is 0.0824. The molecule has 1 aromatic carbocycles. The van der Waals surface area contributed by atoms with Gasteiger partial charge in [-0.05, 0) is 68.2 Å². The Hall–Kier alpha value is -1.91. The van der Waals surface area contributed by atoms with Gasteiger partial charge in [-0.15, -0.1) is 0 Å². The zero-order chi connectivity index (χ0) is 16.4. The Morgan fingerprint density at radius 3 is 2.57 bits per heavy atom. The second-order valence-electron chi connectivity index (χ2n) is 6.88. The fourth-order valence-corrected chi connectivity index (χ4v) is 4.17. The zero-order valence-electron chi connectivity index (χ0n) is 13.3. The number of fused-ring (bicyclic) bond motifs is 2. The van der Waals surface area contributed by atoms with Gasteiger partial charge in [-0.25, -0.2) is 9.18 Å². The molecule has 0 aliphatic heterocycles. The first-order valence-electron chi connectivity index (χ1n) is 8.36. The number of nitrogens with one attached hydrogen (secondary N) is 2. The molecule has 4 nitrogen and oxygen atoms in total. The van der Waals surface area contributed by atoms with Crippen molar-refractivity contribution in [1.82, 2.24) is 10.6 Å². The van der Waals surface area contributed by atoms with Crippen LogP contribution in [0.5, 0.6) is 0 Å². The third-order valence-corrected chi connectivity index (χ3v) is 5.37. The van der Waals surface area contributed by atoms with Crippen molar-refractivity contribution in [1.29, 1.82) is 0 Å². The van der Waals surface area contributed by atoms with E-state index in [1.807, 2.05) is 6.92 Å². The maximum absolute atomic E-state index is 12.8. The lowest BCUT2D eigenvalue weighted by Crippen LogP contribution is -2.46. The first-order chi connectivity index (χ1) is 11.0. The van der Waals surface area contributed by atoms with Crippen LogP contribution < -0.4 is 10.6 Å². The Balaban J connectivity index is 1.44. The number of hydrogen-bond acceptors (Lipinski definition) is 2. The summed E-state index contributed by atoms with van der Waals surface area (Å²) in [6, 6.07) is 5.15. The molecule has 5 heteroatoms. The van der Waals surface area contributed by atoms with E-state index in [1.54, 1.807) is 0 Å². The van der Waals surface area contributed by atoms with E-state index >= 15 is 0 Å². The van der Waals surface area contributed by atoms with Crippen molar-refractivity contribution in [2.45, 2.75) is 38.6 Å². The molecule has 0 aromatic heterocycles. The van der Waals surface area contributed by atoms with Gasteiger partial charge in [0.05, 0.1) is 6.54 Å². The van der Waals surface area contributed by atoms with Crippen LogP contribution in [0.1, 0.15) is 43.0 Å². The summed E-state index contributed by atoms with van der Waals surface area (Å²) in [5, 5.41) is 5.56. The molecular weight excluding hydrogens is 295 g/mol. The molecule has 2 fully saturated rings. The van der Waals surface area contributed by atoms with Crippen LogP contribution in [-0.2, 0) is 0 Å². The quantitative estimate of drug-likeness (QED) is 0.820. The smallest absolute Gasteiger partial charge is 0.315 e. The highest BCUT2D eigenvalue weighted by molar-refractivity contribution is 5.99. The SMILES string of the molecule is C[C@H](NC(=O)NCC(=O)c1ccc(F)cc1)[C@H]1C[C@H]2CC[C@H]1C2. The maximum atomic E-state index is 12.8. The molecule has 0 spiro atoms. The second-order valence-corrected chi connectivity index (χ2v) is 6.88. The standard InChI is InChI=1S/C18H23FN2O2/c1-11(16-9-12-2-3-14(16)8-12)21-18(23)20-10-17(22)13-4-6-15(19)7-5-13/h4-7,11-12,14,16H,2-3,8-10H2,1H3,(H2,20,21,23)/t11-,12-,14-,16+/m0/s1. The summed E-state index contributed by atoms with van der Waals surface area (Å²) in [6.45, 7) is 1.97. The van der Waals surface area contributed by atoms with Crippen LogP contribution in [0.3, 0.4) is 0 Å². The number of carbonyl (C=O) groups excluding carboxylic acids is 2. The highest BCUT2D eigenvalue weighted by Crippen LogP contribution is 2.49. The van der Waals surface area contributed by atoms with Gasteiger partial charge in [0.1, 0.15) is 5.82 Å². The van der Waals surface area contributed by atoms with Gasteiger partial charge in [0.2, 0.25) is 0 Å². The molecule has 2 bridgehead atoms. The normalized spacial score (nSPS) is 26.8. The van der Waals surface area contributed by atoms with Gasteiger partial charge >= 0.3 is 6.03 Å². The molecule has 23 heavy (non-hydrogen) atoms. The number of halogens is 1. The van der Waals surface area contributed by atoms with E-state index in [2.05, 4.69) is 10.6 Å². The van der Waals surface area contributed by atoms with Crippen molar-refractivity contribution in [3.8, 4) is 0 Å². The summed E-state index contributed by atoms with van der Waals surface area (Å²) in [6.07, 6.45) is 5.14. The summed E-state index contributed by atoms with van der Waals surface area (Å²) in [5.74, 6) is 1.54. The zero-order valence-corrected chi connectivity index (χ0v) is 13.3.